The van der Waals surface area contributed by atoms with E-state index in [2.05, 4.69) is 9.97 Å². The number of nitrogens with zero attached hydrogens (tertiary/aromatic N) is 4. The molecule has 0 atom stereocenters. The average Bonchev–Trinajstić information content (AvgIpc) is 3.05. The molecular formula is C13H13N5O2S2. The Morgan fingerprint density at radius 2 is 2.27 bits per heavy atom. The van der Waals surface area contributed by atoms with Crippen LogP contribution in [-0.2, 0) is 6.54 Å². The van der Waals surface area contributed by atoms with Crippen LogP contribution in [0.3, 0.4) is 0 Å². The van der Waals surface area contributed by atoms with Gasteiger partial charge in [-0.3, -0.25) is 9.59 Å². The molecular weight excluding hydrogens is 322 g/mol. The van der Waals surface area contributed by atoms with Crippen LogP contribution in [0.25, 0.3) is 4.96 Å². The fourth-order valence-corrected chi connectivity index (χ4v) is 3.81. The molecule has 0 fully saturated rings. The molecule has 0 aliphatic rings. The number of anilines is 1. The van der Waals surface area contributed by atoms with Gasteiger partial charge in [0, 0.05) is 29.6 Å². The predicted molar refractivity (Wildman–Crippen MR) is 86.8 cm³/mol. The molecule has 0 aliphatic carbocycles. The van der Waals surface area contributed by atoms with E-state index in [4.69, 9.17) is 5.73 Å². The van der Waals surface area contributed by atoms with Crippen LogP contribution in [0.1, 0.15) is 21.1 Å². The fourth-order valence-electron chi connectivity index (χ4n) is 2.20. The molecule has 7 nitrogen and oxygen atoms in total. The van der Waals surface area contributed by atoms with Gasteiger partial charge in [0.1, 0.15) is 5.69 Å². The van der Waals surface area contributed by atoms with Gasteiger partial charge >= 0.3 is 0 Å². The monoisotopic (exact) mass is 335 g/mol. The Labute approximate surface area is 133 Å². The van der Waals surface area contributed by atoms with Crippen molar-refractivity contribution in [1.29, 1.82) is 0 Å². The predicted octanol–water partition coefficient (Wildman–Crippen LogP) is 1.26. The smallest absolute Gasteiger partial charge is 0.266 e. The van der Waals surface area contributed by atoms with E-state index in [-0.39, 0.29) is 11.3 Å². The second-order valence-electron chi connectivity index (χ2n) is 4.75. The van der Waals surface area contributed by atoms with Crippen molar-refractivity contribution < 1.29 is 4.79 Å². The molecule has 3 rings (SSSR count). The second kappa shape index (κ2) is 5.50. The molecule has 0 unspecified atom stereocenters. The Morgan fingerprint density at radius 1 is 1.50 bits per heavy atom. The highest BCUT2D eigenvalue weighted by Gasteiger charge is 2.17. The van der Waals surface area contributed by atoms with E-state index >= 15 is 0 Å². The van der Waals surface area contributed by atoms with Gasteiger partial charge in [0.25, 0.3) is 11.5 Å². The molecule has 1 amide bonds. The number of aryl methyl sites for hydroxylation is 1. The van der Waals surface area contributed by atoms with Crippen molar-refractivity contribution in [1.82, 2.24) is 14.4 Å². The third kappa shape index (κ3) is 2.48. The number of fused-ring (bicyclic) bond motifs is 1. The zero-order valence-electron chi connectivity index (χ0n) is 11.9. The Hall–Kier alpha value is -2.26. The van der Waals surface area contributed by atoms with Crippen LogP contribution in [0.2, 0.25) is 0 Å². The molecule has 3 heterocycles. The van der Waals surface area contributed by atoms with E-state index in [1.54, 1.807) is 13.1 Å². The van der Waals surface area contributed by atoms with Gasteiger partial charge in [0.05, 0.1) is 12.2 Å². The van der Waals surface area contributed by atoms with Gasteiger partial charge in [0.15, 0.2) is 10.1 Å². The lowest BCUT2D eigenvalue weighted by molar-refractivity contribution is 0.0994. The fraction of sp³-hybridized carbons (Fsp3) is 0.231. The third-order valence-corrected chi connectivity index (χ3v) is 4.96. The number of primary amides is 1. The zero-order valence-corrected chi connectivity index (χ0v) is 13.6. The molecule has 9 heteroatoms. The van der Waals surface area contributed by atoms with Crippen LogP contribution in [-0.4, -0.2) is 27.3 Å². The minimum atomic E-state index is -0.625. The van der Waals surface area contributed by atoms with E-state index in [1.165, 1.54) is 33.1 Å². The topological polar surface area (TPSA) is 93.6 Å². The lowest BCUT2D eigenvalue weighted by atomic mass is 10.3. The van der Waals surface area contributed by atoms with Gasteiger partial charge in [-0.05, 0) is 6.92 Å². The van der Waals surface area contributed by atoms with Crippen molar-refractivity contribution in [2.45, 2.75) is 13.5 Å². The lowest BCUT2D eigenvalue weighted by Gasteiger charge is -2.14. The molecule has 0 spiro atoms. The largest absolute Gasteiger partial charge is 0.364 e. The van der Waals surface area contributed by atoms with Crippen molar-refractivity contribution in [2.24, 2.45) is 5.73 Å². The maximum Gasteiger partial charge on any atom is 0.266 e. The Bertz CT molecular complexity index is 897. The van der Waals surface area contributed by atoms with E-state index in [0.717, 1.165) is 5.13 Å². The number of carbonyl (C=O) groups is 1. The van der Waals surface area contributed by atoms with Crippen LogP contribution >= 0.6 is 22.7 Å². The summed E-state index contributed by atoms with van der Waals surface area (Å²) in [6, 6.07) is 1.43. The summed E-state index contributed by atoms with van der Waals surface area (Å²) in [6.07, 6.45) is 1.73. The summed E-state index contributed by atoms with van der Waals surface area (Å²) in [5, 5.41) is 2.74. The first-order valence-electron chi connectivity index (χ1n) is 6.40. The minimum Gasteiger partial charge on any atom is -0.364 e. The van der Waals surface area contributed by atoms with Crippen molar-refractivity contribution in [3.63, 3.8) is 0 Å². The van der Waals surface area contributed by atoms with E-state index in [9.17, 15) is 9.59 Å². The first kappa shape index (κ1) is 14.7. The lowest BCUT2D eigenvalue weighted by Crippen LogP contribution is -2.24. The van der Waals surface area contributed by atoms with Gasteiger partial charge in [-0.2, -0.15) is 0 Å². The van der Waals surface area contributed by atoms with Gasteiger partial charge in [-0.1, -0.05) is 0 Å². The number of hydrogen-bond donors (Lipinski definition) is 1. The van der Waals surface area contributed by atoms with E-state index in [0.29, 0.717) is 22.1 Å². The van der Waals surface area contributed by atoms with E-state index in [1.807, 2.05) is 17.3 Å². The molecule has 22 heavy (non-hydrogen) atoms. The summed E-state index contributed by atoms with van der Waals surface area (Å²) >= 11 is 2.79. The van der Waals surface area contributed by atoms with Gasteiger partial charge in [-0.25, -0.2) is 14.4 Å². The molecule has 0 bridgehead atoms. The average molecular weight is 335 g/mol. The number of thiazole rings is 2. The number of carbonyl (C=O) groups excluding carboxylic acids is 1. The highest BCUT2D eigenvalue weighted by molar-refractivity contribution is 7.17. The summed E-state index contributed by atoms with van der Waals surface area (Å²) in [5.74, 6) is -0.625. The first-order chi connectivity index (χ1) is 10.5. The standard InChI is InChI=1S/C13H13N5O2S2/c1-7-10(11(14)20)18-9(19)5-8(16-13(18)22-7)6-17(2)12-15-3-4-21-12/h3-5H,6H2,1-2H3,(H2,14,20). The number of aromatic nitrogens is 3. The molecule has 3 aromatic heterocycles. The van der Waals surface area contributed by atoms with Crippen LogP contribution in [0.15, 0.2) is 22.4 Å². The number of amides is 1. The Kier molecular flexibility index (Phi) is 3.67. The van der Waals surface area contributed by atoms with Crippen LogP contribution in [0.4, 0.5) is 5.13 Å². The molecule has 2 N–H and O–H groups in total. The summed E-state index contributed by atoms with van der Waals surface area (Å²) in [5.41, 5.74) is 5.87. The number of rotatable bonds is 4. The van der Waals surface area contributed by atoms with Crippen LogP contribution in [0, 0.1) is 6.92 Å². The molecule has 0 aliphatic heterocycles. The number of nitrogens with two attached hydrogens (primary N) is 1. The van der Waals surface area contributed by atoms with Crippen molar-refractivity contribution >= 4 is 38.7 Å². The first-order valence-corrected chi connectivity index (χ1v) is 8.09. The highest BCUT2D eigenvalue weighted by Crippen LogP contribution is 2.21. The molecule has 114 valence electrons. The van der Waals surface area contributed by atoms with Crippen molar-refractivity contribution in [3.05, 3.63) is 44.3 Å². The highest BCUT2D eigenvalue weighted by atomic mass is 32.1. The minimum absolute atomic E-state index is 0.206. The van der Waals surface area contributed by atoms with Crippen molar-refractivity contribution in [2.75, 3.05) is 11.9 Å². The summed E-state index contributed by atoms with van der Waals surface area (Å²) in [6.45, 7) is 2.21. The van der Waals surface area contributed by atoms with Gasteiger partial charge < -0.3 is 10.6 Å². The number of hydrogen-bond acceptors (Lipinski definition) is 7. The van der Waals surface area contributed by atoms with Gasteiger partial charge in [0.2, 0.25) is 0 Å². The molecule has 0 radical (unpaired) electrons. The molecule has 0 aromatic carbocycles. The molecule has 0 saturated heterocycles. The maximum absolute atomic E-state index is 12.3. The van der Waals surface area contributed by atoms with E-state index < -0.39 is 5.91 Å². The summed E-state index contributed by atoms with van der Waals surface area (Å²) in [7, 11) is 1.89. The molecule has 0 saturated carbocycles. The zero-order chi connectivity index (χ0) is 15.9. The Morgan fingerprint density at radius 3 is 2.91 bits per heavy atom. The van der Waals surface area contributed by atoms with Crippen LogP contribution in [0.5, 0.6) is 0 Å². The van der Waals surface area contributed by atoms with Crippen LogP contribution < -0.4 is 16.2 Å². The summed E-state index contributed by atoms with van der Waals surface area (Å²) < 4.78 is 1.27. The third-order valence-electron chi connectivity index (χ3n) is 3.12. The quantitative estimate of drug-likeness (QED) is 0.774. The SMILES string of the molecule is Cc1sc2nc(CN(C)c3nccs3)cc(=O)n2c1C(N)=O. The van der Waals surface area contributed by atoms with Gasteiger partial charge in [-0.15, -0.1) is 22.7 Å². The Balaban J connectivity index is 2.03. The second-order valence-corrected chi connectivity index (χ2v) is 6.80. The van der Waals surface area contributed by atoms with Crippen molar-refractivity contribution in [3.8, 4) is 0 Å². The molecule has 3 aromatic rings. The normalized spacial score (nSPS) is 11.0. The summed E-state index contributed by atoms with van der Waals surface area (Å²) in [4.78, 5) is 35.5. The maximum atomic E-state index is 12.3.